The molecular weight excluding hydrogens is 250 g/mol. The van der Waals surface area contributed by atoms with E-state index < -0.39 is 5.60 Å². The zero-order chi connectivity index (χ0) is 15.2. The van der Waals surface area contributed by atoms with Gasteiger partial charge >= 0.3 is 6.09 Å². The molecule has 0 aromatic rings. The van der Waals surface area contributed by atoms with Gasteiger partial charge in [0.2, 0.25) is 0 Å². The molecule has 3 nitrogen and oxygen atoms in total. The van der Waals surface area contributed by atoms with Gasteiger partial charge in [-0.1, -0.05) is 26.3 Å². The molecule has 3 heteroatoms. The number of unbranched alkanes of at least 4 members (excludes halogenated alkanes) is 1. The Labute approximate surface area is 123 Å². The number of rotatable bonds is 5. The molecule has 1 aliphatic rings. The van der Waals surface area contributed by atoms with E-state index in [1.807, 2.05) is 31.7 Å². The first-order valence-electron chi connectivity index (χ1n) is 7.74. The van der Waals surface area contributed by atoms with Crippen LogP contribution in [0.1, 0.15) is 59.8 Å². The molecule has 0 aliphatic carbocycles. The average Bonchev–Trinajstić information content (AvgIpc) is 2.81. The molecule has 0 radical (unpaired) electrons. The maximum atomic E-state index is 12.3. The van der Waals surface area contributed by atoms with Crippen molar-refractivity contribution in [2.45, 2.75) is 71.4 Å². The predicted octanol–water partition coefficient (Wildman–Crippen LogP) is 4.53. The van der Waals surface area contributed by atoms with Crippen molar-refractivity contribution in [3.8, 4) is 0 Å². The van der Waals surface area contributed by atoms with Crippen LogP contribution in [0.3, 0.4) is 0 Å². The summed E-state index contributed by atoms with van der Waals surface area (Å²) in [5, 5.41) is 0. The topological polar surface area (TPSA) is 29.5 Å². The zero-order valence-corrected chi connectivity index (χ0v) is 13.4. The molecule has 1 rings (SSSR count). The minimum Gasteiger partial charge on any atom is -0.444 e. The molecule has 0 N–H and O–H groups in total. The van der Waals surface area contributed by atoms with E-state index in [1.54, 1.807) is 0 Å². The van der Waals surface area contributed by atoms with Crippen LogP contribution in [0.15, 0.2) is 18.4 Å². The first-order chi connectivity index (χ1) is 9.39. The van der Waals surface area contributed by atoms with Crippen LogP contribution in [0, 0.1) is 5.92 Å². The molecule has 2 unspecified atom stereocenters. The Morgan fingerprint density at radius 3 is 2.80 bits per heavy atom. The first-order valence-corrected chi connectivity index (χ1v) is 7.74. The van der Waals surface area contributed by atoms with E-state index in [0.29, 0.717) is 5.92 Å². The molecule has 114 valence electrons. The van der Waals surface area contributed by atoms with E-state index >= 15 is 0 Å². The Kier molecular flexibility index (Phi) is 6.35. The highest BCUT2D eigenvalue weighted by molar-refractivity contribution is 5.69. The minimum absolute atomic E-state index is 0.182. The van der Waals surface area contributed by atoms with Gasteiger partial charge in [0.05, 0.1) is 0 Å². The summed E-state index contributed by atoms with van der Waals surface area (Å²) in [6.45, 7) is 12.4. The second-order valence-electron chi connectivity index (χ2n) is 6.56. The molecule has 20 heavy (non-hydrogen) atoms. The van der Waals surface area contributed by atoms with Gasteiger partial charge in [0, 0.05) is 18.5 Å². The summed E-state index contributed by atoms with van der Waals surface area (Å²) in [5.41, 5.74) is 2.47. The van der Waals surface area contributed by atoms with Crippen LogP contribution >= 0.6 is 0 Å². The van der Waals surface area contributed by atoms with Gasteiger partial charge in [-0.15, -0.1) is 5.73 Å². The fourth-order valence-corrected chi connectivity index (χ4v) is 2.76. The molecule has 1 amide bonds. The van der Waals surface area contributed by atoms with Crippen molar-refractivity contribution in [1.29, 1.82) is 0 Å². The van der Waals surface area contributed by atoms with Crippen molar-refractivity contribution in [3.63, 3.8) is 0 Å². The largest absolute Gasteiger partial charge is 0.444 e. The third-order valence-corrected chi connectivity index (χ3v) is 3.64. The summed E-state index contributed by atoms with van der Waals surface area (Å²) in [5.74, 6) is 0.350. The third-order valence-electron chi connectivity index (χ3n) is 3.64. The van der Waals surface area contributed by atoms with Crippen LogP contribution in [-0.4, -0.2) is 29.2 Å². The molecular formula is C17H29NO2. The molecule has 0 aromatic heterocycles. The van der Waals surface area contributed by atoms with E-state index in [1.165, 1.54) is 12.8 Å². The highest BCUT2D eigenvalue weighted by atomic mass is 16.6. The number of nitrogens with zero attached hydrogens (tertiary/aromatic N) is 1. The lowest BCUT2D eigenvalue weighted by molar-refractivity contribution is 0.0191. The quantitative estimate of drug-likeness (QED) is 0.692. The average molecular weight is 279 g/mol. The number of carbonyl (C=O) groups is 1. The lowest BCUT2D eigenvalue weighted by Crippen LogP contribution is -2.42. The van der Waals surface area contributed by atoms with Gasteiger partial charge < -0.3 is 9.64 Å². The zero-order valence-electron chi connectivity index (χ0n) is 13.4. The molecule has 0 spiro atoms. The van der Waals surface area contributed by atoms with E-state index in [-0.39, 0.29) is 12.1 Å². The van der Waals surface area contributed by atoms with Gasteiger partial charge in [-0.05, 0) is 46.1 Å². The standard InChI is InChI=1S/C17H29NO2/c1-6-8-11-14(10-7-2)15-12-9-13-18(15)16(19)20-17(3,4)5/h10,14-15H,2,6,8-9,11-13H2,1,3-5H3. The van der Waals surface area contributed by atoms with E-state index in [2.05, 4.69) is 19.2 Å². The van der Waals surface area contributed by atoms with Crippen LogP contribution in [0.4, 0.5) is 4.79 Å². The fourth-order valence-electron chi connectivity index (χ4n) is 2.76. The van der Waals surface area contributed by atoms with Crippen molar-refractivity contribution >= 4 is 6.09 Å². The van der Waals surface area contributed by atoms with Crippen molar-refractivity contribution in [2.24, 2.45) is 5.92 Å². The summed E-state index contributed by atoms with van der Waals surface area (Å²) in [6.07, 6.45) is 7.37. The Balaban J connectivity index is 2.75. The van der Waals surface area contributed by atoms with Gasteiger partial charge in [-0.3, -0.25) is 0 Å². The fraction of sp³-hybridized carbons (Fsp3) is 0.765. The van der Waals surface area contributed by atoms with Crippen LogP contribution < -0.4 is 0 Å². The van der Waals surface area contributed by atoms with Crippen molar-refractivity contribution in [2.75, 3.05) is 6.54 Å². The number of ether oxygens (including phenoxy) is 1. The van der Waals surface area contributed by atoms with Gasteiger partial charge in [-0.25, -0.2) is 4.79 Å². The predicted molar refractivity (Wildman–Crippen MR) is 82.7 cm³/mol. The van der Waals surface area contributed by atoms with Gasteiger partial charge in [-0.2, -0.15) is 0 Å². The Morgan fingerprint density at radius 2 is 2.25 bits per heavy atom. The Bertz CT molecular complexity index is 364. The van der Waals surface area contributed by atoms with Crippen LogP contribution in [0.2, 0.25) is 0 Å². The first kappa shape index (κ1) is 16.8. The summed E-state index contributed by atoms with van der Waals surface area (Å²) in [7, 11) is 0. The molecule has 1 heterocycles. The van der Waals surface area contributed by atoms with Crippen LogP contribution in [-0.2, 0) is 4.74 Å². The van der Waals surface area contributed by atoms with Gasteiger partial charge in [0.1, 0.15) is 5.60 Å². The van der Waals surface area contributed by atoms with E-state index in [4.69, 9.17) is 4.74 Å². The normalized spacial score (nSPS) is 20.4. The Hall–Kier alpha value is -1.21. The molecule has 0 saturated carbocycles. The minimum atomic E-state index is -0.433. The maximum absolute atomic E-state index is 12.3. The second kappa shape index (κ2) is 7.54. The summed E-state index contributed by atoms with van der Waals surface area (Å²) < 4.78 is 5.52. The highest BCUT2D eigenvalue weighted by Gasteiger charge is 2.35. The molecule has 2 atom stereocenters. The van der Waals surface area contributed by atoms with Gasteiger partial charge in [0.25, 0.3) is 0 Å². The second-order valence-corrected chi connectivity index (χ2v) is 6.56. The molecule has 1 saturated heterocycles. The SMILES string of the molecule is C=C=CC(CCCC)C1CCCN1C(=O)OC(C)(C)C. The number of hydrogen-bond donors (Lipinski definition) is 0. The number of likely N-dealkylation sites (tertiary alicyclic amines) is 1. The van der Waals surface area contributed by atoms with Gasteiger partial charge in [0.15, 0.2) is 0 Å². The summed E-state index contributed by atoms with van der Waals surface area (Å²) >= 11 is 0. The highest BCUT2D eigenvalue weighted by Crippen LogP contribution is 2.29. The number of carbonyl (C=O) groups excluding carboxylic acids is 1. The third kappa shape index (κ3) is 5.05. The molecule has 0 aromatic carbocycles. The van der Waals surface area contributed by atoms with E-state index in [9.17, 15) is 4.79 Å². The molecule has 1 aliphatic heterocycles. The smallest absolute Gasteiger partial charge is 0.410 e. The van der Waals surface area contributed by atoms with Crippen LogP contribution in [0.5, 0.6) is 0 Å². The number of hydrogen-bond acceptors (Lipinski definition) is 2. The van der Waals surface area contributed by atoms with Crippen molar-refractivity contribution in [3.05, 3.63) is 18.4 Å². The Morgan fingerprint density at radius 1 is 1.55 bits per heavy atom. The van der Waals surface area contributed by atoms with Crippen LogP contribution in [0.25, 0.3) is 0 Å². The lowest BCUT2D eigenvalue weighted by Gasteiger charge is -2.32. The van der Waals surface area contributed by atoms with E-state index in [0.717, 1.165) is 25.8 Å². The van der Waals surface area contributed by atoms with Crippen molar-refractivity contribution in [1.82, 2.24) is 4.90 Å². The summed E-state index contributed by atoms with van der Waals surface area (Å²) in [6, 6.07) is 0.241. The molecule has 0 bridgehead atoms. The molecule has 1 fully saturated rings. The monoisotopic (exact) mass is 279 g/mol. The summed E-state index contributed by atoms with van der Waals surface area (Å²) in [4.78, 5) is 14.2. The lowest BCUT2D eigenvalue weighted by atomic mass is 9.92. The number of amides is 1. The maximum Gasteiger partial charge on any atom is 0.410 e. The van der Waals surface area contributed by atoms with Crippen molar-refractivity contribution < 1.29 is 9.53 Å².